The third-order valence-electron chi connectivity index (χ3n) is 15.9. The zero-order chi connectivity index (χ0) is 52.2. The topological polar surface area (TPSA) is 246 Å². The van der Waals surface area contributed by atoms with E-state index < -0.39 is 71.9 Å². The summed E-state index contributed by atoms with van der Waals surface area (Å²) in [4.78, 5) is 117. The number of benzene rings is 3. The Kier molecular flexibility index (Phi) is 15.8. The van der Waals surface area contributed by atoms with Gasteiger partial charge in [0.2, 0.25) is 35.4 Å². The Bertz CT molecular complexity index is 2400. The van der Waals surface area contributed by atoms with Gasteiger partial charge in [0.05, 0.1) is 25.2 Å². The van der Waals surface area contributed by atoms with Crippen molar-refractivity contribution >= 4 is 58.9 Å². The van der Waals surface area contributed by atoms with Crippen LogP contribution >= 0.6 is 0 Å². The number of nitrogens with one attached hydrogen (secondary N) is 8. The van der Waals surface area contributed by atoms with E-state index >= 15 is 0 Å². The number of amides is 10. The van der Waals surface area contributed by atoms with Gasteiger partial charge in [0.25, 0.3) is 0 Å². The molecule has 394 valence electrons. The third-order valence-corrected chi connectivity index (χ3v) is 15.9. The van der Waals surface area contributed by atoms with Crippen LogP contribution in [0.25, 0.3) is 0 Å². The summed E-state index contributed by atoms with van der Waals surface area (Å²) in [5.74, 6) is -1.65. The molecule has 0 radical (unpaired) electrons. The molecule has 12 atom stereocenters. The lowest BCUT2D eigenvalue weighted by molar-refractivity contribution is -0.144. The van der Waals surface area contributed by atoms with E-state index in [1.54, 1.807) is 62.0 Å². The van der Waals surface area contributed by atoms with Gasteiger partial charge in [0.15, 0.2) is 0 Å². The highest BCUT2D eigenvalue weighted by molar-refractivity contribution is 5.97. The van der Waals surface area contributed by atoms with Crippen LogP contribution in [0.3, 0.4) is 0 Å². The molecular weight excluding hydrogens is 945 g/mol. The van der Waals surface area contributed by atoms with Crippen LogP contribution in [0.1, 0.15) is 88.2 Å². The van der Waals surface area contributed by atoms with E-state index in [0.717, 1.165) is 24.0 Å². The molecule has 20 heteroatoms. The Morgan fingerprint density at radius 2 is 0.878 bits per heavy atom. The molecule has 6 aliphatic rings. The first-order chi connectivity index (χ1) is 35.7. The minimum Gasteiger partial charge on any atom is -0.351 e. The lowest BCUT2D eigenvalue weighted by Crippen LogP contribution is -2.62. The maximum atomic E-state index is 14.5. The zero-order valence-electron chi connectivity index (χ0n) is 42.6. The van der Waals surface area contributed by atoms with Gasteiger partial charge in [-0.25, -0.2) is 9.59 Å². The lowest BCUT2D eigenvalue weighted by atomic mass is 10.1. The number of fused-ring (bicyclic) bond motifs is 2. The number of hydrogen-bond donors (Lipinski definition) is 8. The van der Waals surface area contributed by atoms with Crippen LogP contribution < -0.4 is 42.5 Å². The molecule has 2 aliphatic carbocycles. The number of nitrogens with zero attached hydrogens (tertiary/aromatic N) is 4. The van der Waals surface area contributed by atoms with E-state index in [4.69, 9.17) is 0 Å². The Labute approximate surface area is 431 Å². The molecule has 9 rings (SSSR count). The van der Waals surface area contributed by atoms with E-state index in [1.165, 1.54) is 9.80 Å². The zero-order valence-corrected chi connectivity index (χ0v) is 42.6. The van der Waals surface area contributed by atoms with Crippen LogP contribution in [0.4, 0.5) is 21.0 Å². The van der Waals surface area contributed by atoms with E-state index in [-0.39, 0.29) is 74.0 Å². The highest BCUT2D eigenvalue weighted by Gasteiger charge is 2.50. The number of rotatable bonds is 14. The number of carbonyl (C=O) groups is 8. The molecule has 8 N–H and O–H groups in total. The summed E-state index contributed by atoms with van der Waals surface area (Å²) in [6.07, 6.45) is 4.59. The molecule has 2 saturated carbocycles. The quantitative estimate of drug-likeness (QED) is 0.117. The van der Waals surface area contributed by atoms with Crippen molar-refractivity contribution < 1.29 is 38.4 Å². The highest BCUT2D eigenvalue weighted by Crippen LogP contribution is 2.42. The van der Waals surface area contributed by atoms with Gasteiger partial charge in [-0.05, 0) is 115 Å². The molecule has 4 saturated heterocycles. The Balaban J connectivity index is 0.822. The summed E-state index contributed by atoms with van der Waals surface area (Å²) >= 11 is 0. The average Bonchev–Trinajstić information content (AvgIpc) is 4.27. The molecule has 6 fully saturated rings. The first kappa shape index (κ1) is 51.8. The first-order valence-corrected chi connectivity index (χ1v) is 26.2. The third kappa shape index (κ3) is 11.7. The Morgan fingerprint density at radius 1 is 0.500 bits per heavy atom. The van der Waals surface area contributed by atoms with Crippen LogP contribution in [0.2, 0.25) is 0 Å². The minimum absolute atomic E-state index is 0.0155. The first-order valence-electron chi connectivity index (χ1n) is 26.2. The predicted molar refractivity (Wildman–Crippen MR) is 277 cm³/mol. The molecular formula is C54H70N12O8. The molecule has 3 aromatic rings. The van der Waals surface area contributed by atoms with Gasteiger partial charge < -0.3 is 62.1 Å². The van der Waals surface area contributed by atoms with Crippen molar-refractivity contribution in [3.8, 4) is 0 Å². The van der Waals surface area contributed by atoms with E-state index in [1.807, 2.05) is 36.4 Å². The lowest BCUT2D eigenvalue weighted by Gasteiger charge is -2.39. The van der Waals surface area contributed by atoms with Gasteiger partial charge in [0.1, 0.15) is 24.2 Å². The molecule has 0 unspecified atom stereocenters. The van der Waals surface area contributed by atoms with Gasteiger partial charge in [0, 0.05) is 60.5 Å². The number of hydrogen-bond acceptors (Lipinski definition) is 10. The van der Waals surface area contributed by atoms with Crippen molar-refractivity contribution in [3.05, 3.63) is 96.1 Å². The molecule has 20 nitrogen and oxygen atoms in total. The maximum Gasteiger partial charge on any atom is 0.321 e. The fraction of sp³-hybridized carbons (Fsp3) is 0.519. The largest absolute Gasteiger partial charge is 0.351 e. The molecule has 0 aromatic heterocycles. The predicted octanol–water partition coefficient (Wildman–Crippen LogP) is 2.41. The average molecular weight is 1020 g/mol. The van der Waals surface area contributed by atoms with Crippen LogP contribution in [0.5, 0.6) is 0 Å². The minimum atomic E-state index is -1.12. The van der Waals surface area contributed by atoms with Crippen molar-refractivity contribution in [1.82, 2.24) is 51.5 Å². The number of likely N-dealkylation sites (N-methyl/N-ethyl adjacent to an activating group) is 2. The molecule has 4 heterocycles. The number of urea groups is 2. The van der Waals surface area contributed by atoms with Gasteiger partial charge in [-0.15, -0.1) is 0 Å². The Morgan fingerprint density at radius 3 is 1.24 bits per heavy atom. The van der Waals surface area contributed by atoms with Crippen molar-refractivity contribution in [3.63, 3.8) is 0 Å². The number of anilines is 2. The van der Waals surface area contributed by atoms with E-state index in [0.29, 0.717) is 49.9 Å². The standard InChI is InChI=1S/C54H70N12O8/c1-31(55-3)47(67)61-43-29-63(25-23-37-19-21-45(65(37)51(43)71)49(69)59-41-27-39(41)33-11-7-5-8-12-33)53(73)57-35-15-17-36(18-16-35)58-54(74)64-26-24-38-20-22-46(50(70)60-42-28-40(42)34-13-9-6-10-14-34)66(38)52(72)44(30-64)62-48(68)32(2)56-4/h5-18,31-32,37-46,55-56H,19-30H2,1-4H3,(H,57,73)(H,58,74)(H,59,69)(H,60,70)(H,61,67)(H,62,68)/t31-,32-,37+,38+,39-,40-,41+,42+,43-,44+,45-,46-/m0/s1. The summed E-state index contributed by atoms with van der Waals surface area (Å²) in [6, 6.07) is 20.0. The van der Waals surface area contributed by atoms with Crippen LogP contribution in [-0.4, -0.2) is 168 Å². The second-order valence-electron chi connectivity index (χ2n) is 20.8. The summed E-state index contributed by atoms with van der Waals surface area (Å²) in [5, 5.41) is 23.7. The fourth-order valence-electron chi connectivity index (χ4n) is 11.1. The summed E-state index contributed by atoms with van der Waals surface area (Å²) < 4.78 is 0. The van der Waals surface area contributed by atoms with Gasteiger partial charge in [-0.3, -0.25) is 28.8 Å². The van der Waals surface area contributed by atoms with Gasteiger partial charge in [-0.2, -0.15) is 0 Å². The second-order valence-corrected chi connectivity index (χ2v) is 20.8. The summed E-state index contributed by atoms with van der Waals surface area (Å²) in [5.41, 5.74) is 3.14. The maximum absolute atomic E-state index is 14.5. The molecule has 3 aromatic carbocycles. The van der Waals surface area contributed by atoms with E-state index in [9.17, 15) is 38.4 Å². The van der Waals surface area contributed by atoms with Crippen LogP contribution in [0, 0.1) is 0 Å². The summed E-state index contributed by atoms with van der Waals surface area (Å²) in [7, 11) is 3.27. The molecule has 10 amide bonds. The molecule has 0 spiro atoms. The van der Waals surface area contributed by atoms with Gasteiger partial charge >= 0.3 is 12.1 Å². The van der Waals surface area contributed by atoms with Crippen molar-refractivity contribution in [1.29, 1.82) is 0 Å². The van der Waals surface area contributed by atoms with Crippen LogP contribution in [-0.2, 0) is 28.8 Å². The van der Waals surface area contributed by atoms with E-state index in [2.05, 4.69) is 66.8 Å². The monoisotopic (exact) mass is 1010 g/mol. The van der Waals surface area contributed by atoms with Crippen molar-refractivity contribution in [2.45, 2.75) is 137 Å². The van der Waals surface area contributed by atoms with Crippen molar-refractivity contribution in [2.24, 2.45) is 0 Å². The second kappa shape index (κ2) is 22.6. The molecule has 74 heavy (non-hydrogen) atoms. The van der Waals surface area contributed by atoms with Gasteiger partial charge in [-0.1, -0.05) is 60.7 Å². The number of carbonyl (C=O) groups excluding carboxylic acids is 8. The highest BCUT2D eigenvalue weighted by atomic mass is 16.2. The molecule has 4 aliphatic heterocycles. The molecule has 0 bridgehead atoms. The fourth-order valence-corrected chi connectivity index (χ4v) is 11.1. The summed E-state index contributed by atoms with van der Waals surface area (Å²) in [6.45, 7) is 3.59. The van der Waals surface area contributed by atoms with Crippen molar-refractivity contribution in [2.75, 3.05) is 50.9 Å². The SMILES string of the molecule is CN[C@@H](C)C(=O)N[C@H]1CN(C(=O)Nc2ccc(NC(=O)N3CC[C@H]4CC[C@@H](C(=O)N[C@@H]5C[C@H]5c5ccccc5)N4C(=O)[C@H](NC(=O)[C@H](C)NC)C3)cc2)CC[C@H]2CC[C@@H](C(=O)N[C@@H]3C[C@H]3c3ccccc3)N2C1=O. The normalized spacial score (nSPS) is 28.2. The smallest absolute Gasteiger partial charge is 0.321 e. The Hall–Kier alpha value is -7.06. The van der Waals surface area contributed by atoms with Crippen LogP contribution in [0.15, 0.2) is 84.9 Å².